The van der Waals surface area contributed by atoms with Gasteiger partial charge in [-0.2, -0.15) is 4.79 Å². The molecule has 39 heavy (non-hydrogen) atoms. The lowest BCUT2D eigenvalue weighted by Gasteiger charge is -2.27. The van der Waals surface area contributed by atoms with Crippen LogP contribution < -0.4 is 9.80 Å². The number of ketones is 1. The zero-order valence-electron chi connectivity index (χ0n) is 21.2. The highest BCUT2D eigenvalue weighted by Gasteiger charge is 2.54. The predicted octanol–water partition coefficient (Wildman–Crippen LogP) is 5.25. The Kier molecular flexibility index (Phi) is 7.19. The number of methoxy groups -OCH3 is 2. The third-order valence-corrected chi connectivity index (χ3v) is 6.81. The predicted molar refractivity (Wildman–Crippen MR) is 142 cm³/mol. The molecule has 9 heteroatoms. The van der Waals surface area contributed by atoms with Crippen LogP contribution in [-0.2, 0) is 19.2 Å². The number of ether oxygens (including phenoxy) is 2. The first-order valence-electron chi connectivity index (χ1n) is 12.1. The van der Waals surface area contributed by atoms with Gasteiger partial charge in [0.15, 0.2) is 0 Å². The molecule has 0 spiro atoms. The maximum Gasteiger partial charge on any atom is 0.441 e. The van der Waals surface area contributed by atoms with Crippen LogP contribution in [0.5, 0.6) is 5.75 Å². The van der Waals surface area contributed by atoms with Crippen LogP contribution in [0.15, 0.2) is 91.0 Å². The molecule has 1 aliphatic rings. The molecule has 3 atom stereocenters. The van der Waals surface area contributed by atoms with Crippen LogP contribution in [0, 0.1) is 11.7 Å². The molecule has 5 rings (SSSR count). The van der Waals surface area contributed by atoms with E-state index in [2.05, 4.69) is 4.79 Å². The van der Waals surface area contributed by atoms with Crippen LogP contribution in [0.25, 0.3) is 16.3 Å². The third kappa shape index (κ3) is 4.77. The smallest absolute Gasteiger partial charge is 0.441 e. The lowest BCUT2D eigenvalue weighted by atomic mass is 9.80. The second kappa shape index (κ2) is 10.9. The van der Waals surface area contributed by atoms with E-state index in [1.54, 1.807) is 41.5 Å². The second-order valence-electron chi connectivity index (χ2n) is 8.95. The summed E-state index contributed by atoms with van der Waals surface area (Å²) in [5.74, 6) is -2.84. The summed E-state index contributed by atoms with van der Waals surface area (Å²) in [7, 11) is 2.62. The van der Waals surface area contributed by atoms with Gasteiger partial charge in [-0.1, -0.05) is 54.6 Å². The van der Waals surface area contributed by atoms with E-state index in [0.717, 1.165) is 23.4 Å². The molecule has 8 nitrogen and oxygen atoms in total. The van der Waals surface area contributed by atoms with Gasteiger partial charge in [-0.15, -0.1) is 0 Å². The van der Waals surface area contributed by atoms with Crippen molar-refractivity contribution in [2.75, 3.05) is 19.3 Å². The van der Waals surface area contributed by atoms with Gasteiger partial charge >= 0.3 is 11.7 Å². The molecular weight excluding hydrogens is 501 g/mol. The Labute approximate surface area is 223 Å². The maximum absolute atomic E-state index is 14.1. The molecule has 1 aliphatic heterocycles. The second-order valence-corrected chi connectivity index (χ2v) is 8.95. The van der Waals surface area contributed by atoms with E-state index in [1.165, 1.54) is 19.2 Å². The Morgan fingerprint density at radius 3 is 2.38 bits per heavy atom. The van der Waals surface area contributed by atoms with E-state index in [9.17, 15) is 19.5 Å². The number of esters is 1. The normalized spacial score (nSPS) is 18.4. The summed E-state index contributed by atoms with van der Waals surface area (Å²) in [5.41, 5.74) is 10.7. The molecule has 4 aromatic carbocycles. The molecular formula is C30H24FN3O5. The minimum absolute atomic E-state index is 0.433. The van der Waals surface area contributed by atoms with Crippen molar-refractivity contribution in [2.24, 2.45) is 5.92 Å². The number of hydrogen-bond donors (Lipinski definition) is 0. The zero-order chi connectivity index (χ0) is 27.5. The van der Waals surface area contributed by atoms with Gasteiger partial charge in [-0.05, 0) is 58.3 Å². The topological polar surface area (TPSA) is 101 Å². The number of anilines is 1. The number of rotatable bonds is 7. The summed E-state index contributed by atoms with van der Waals surface area (Å²) in [4.78, 5) is 36.0. The first-order chi connectivity index (χ1) is 19.0. The lowest BCUT2D eigenvalue weighted by molar-refractivity contribution is -0.140. The molecule has 4 aromatic rings. The first kappa shape index (κ1) is 25.8. The van der Waals surface area contributed by atoms with Gasteiger partial charge in [0.25, 0.3) is 5.78 Å². The third-order valence-electron chi connectivity index (χ3n) is 6.81. The van der Waals surface area contributed by atoms with Gasteiger partial charge in [-0.3, -0.25) is 9.63 Å². The van der Waals surface area contributed by atoms with Gasteiger partial charge in [0.2, 0.25) is 0 Å². The molecule has 196 valence electrons. The van der Waals surface area contributed by atoms with Crippen LogP contribution in [0.4, 0.5) is 10.1 Å². The Bertz CT molecular complexity index is 1590. The number of halogens is 1. The number of carbonyl (C=O) groups excluding carboxylic acids is 2. The Hall–Kier alpha value is -4.85. The average molecular weight is 526 g/mol. The minimum atomic E-state index is -1.09. The molecule has 1 heterocycles. The molecule has 0 N–H and O–H groups in total. The number of nitrogens with zero attached hydrogens (tertiary/aromatic N) is 3. The molecule has 0 aliphatic carbocycles. The summed E-state index contributed by atoms with van der Waals surface area (Å²) in [6.45, 7) is 0. The van der Waals surface area contributed by atoms with Crippen LogP contribution >= 0.6 is 0 Å². The van der Waals surface area contributed by atoms with Crippen molar-refractivity contribution in [1.29, 1.82) is 0 Å². The van der Waals surface area contributed by atoms with Gasteiger partial charge in [0.1, 0.15) is 17.7 Å². The van der Waals surface area contributed by atoms with Gasteiger partial charge < -0.3 is 15.0 Å². The molecule has 1 saturated heterocycles. The van der Waals surface area contributed by atoms with Gasteiger partial charge in [0, 0.05) is 0 Å². The standard InChI is InChI=1S/C30H24FN3O5/c1-37-22-10-5-9-19(17-22)29-25(28(35)26(33-32)30(36)38-2)27(34(39-29)21-15-13-20(31)14-16-21)24-12-6-8-18-7-3-4-11-23(18)24/h3-17,25,27,29H,1-2H3/t25-,27+,29-/m1/s1. The van der Waals surface area contributed by atoms with E-state index in [1.807, 2.05) is 42.5 Å². The lowest BCUT2D eigenvalue weighted by Crippen LogP contribution is -2.37. The Balaban J connectivity index is 1.77. The molecule has 0 saturated carbocycles. The molecule has 0 unspecified atom stereocenters. The summed E-state index contributed by atoms with van der Waals surface area (Å²) in [5, 5.41) is 3.32. The van der Waals surface area contributed by atoms with Crippen molar-refractivity contribution >= 4 is 33.9 Å². The number of carbonyl (C=O) groups is 2. The Morgan fingerprint density at radius 2 is 1.67 bits per heavy atom. The van der Waals surface area contributed by atoms with Crippen molar-refractivity contribution in [3.05, 3.63) is 113 Å². The Morgan fingerprint density at radius 1 is 0.949 bits per heavy atom. The quantitative estimate of drug-likeness (QED) is 0.107. The molecule has 1 fully saturated rings. The zero-order valence-corrected chi connectivity index (χ0v) is 21.2. The maximum atomic E-state index is 14.1. The number of Topliss-reactive ketones (excluding diaryl/α,β-unsaturated/α-hetero) is 1. The number of fused-ring (bicyclic) bond motifs is 1. The van der Waals surface area contributed by atoms with Crippen molar-refractivity contribution in [1.82, 2.24) is 0 Å². The van der Waals surface area contributed by atoms with E-state index in [-0.39, 0.29) is 0 Å². The fourth-order valence-corrected chi connectivity index (χ4v) is 5.02. The summed E-state index contributed by atoms with van der Waals surface area (Å²) < 4.78 is 24.0. The van der Waals surface area contributed by atoms with Gasteiger partial charge in [0.05, 0.1) is 31.9 Å². The minimum Gasteiger partial charge on any atom is -0.497 e. The SMILES string of the molecule is COC(=O)C(=[N+]=[N-])C(=O)[C@@H]1[C@@H](c2cccc(OC)c2)ON(c2ccc(F)cc2)[C@H]1c1cccc2ccccc12. The molecule has 0 bridgehead atoms. The van der Waals surface area contributed by atoms with Crippen LogP contribution in [0.3, 0.4) is 0 Å². The monoisotopic (exact) mass is 525 g/mol. The van der Waals surface area contributed by atoms with E-state index < -0.39 is 41.3 Å². The van der Waals surface area contributed by atoms with Crippen LogP contribution in [0.2, 0.25) is 0 Å². The fraction of sp³-hybridized carbons (Fsp3) is 0.167. The molecule has 0 aromatic heterocycles. The van der Waals surface area contributed by atoms with Crippen LogP contribution in [0.1, 0.15) is 23.3 Å². The van der Waals surface area contributed by atoms with E-state index in [0.29, 0.717) is 17.0 Å². The number of hydrogen-bond acceptors (Lipinski definition) is 6. The van der Waals surface area contributed by atoms with Gasteiger partial charge in [-0.25, -0.2) is 14.2 Å². The van der Waals surface area contributed by atoms with Crippen molar-refractivity contribution in [3.63, 3.8) is 0 Å². The summed E-state index contributed by atoms with van der Waals surface area (Å²) in [6, 6.07) is 25.2. The highest BCUT2D eigenvalue weighted by molar-refractivity contribution is 6.62. The summed E-state index contributed by atoms with van der Waals surface area (Å²) >= 11 is 0. The van der Waals surface area contributed by atoms with Crippen molar-refractivity contribution in [3.8, 4) is 5.75 Å². The number of benzene rings is 4. The molecule has 0 radical (unpaired) electrons. The molecule has 0 amide bonds. The number of hydroxylamine groups is 1. The van der Waals surface area contributed by atoms with E-state index in [4.69, 9.17) is 14.3 Å². The van der Waals surface area contributed by atoms with Crippen LogP contribution in [-0.4, -0.2) is 36.5 Å². The van der Waals surface area contributed by atoms with Crippen molar-refractivity contribution in [2.45, 2.75) is 12.1 Å². The highest BCUT2D eigenvalue weighted by Crippen LogP contribution is 2.51. The fourth-order valence-electron chi connectivity index (χ4n) is 5.02. The highest BCUT2D eigenvalue weighted by atomic mass is 19.1. The first-order valence-corrected chi connectivity index (χ1v) is 12.1. The van der Waals surface area contributed by atoms with Crippen molar-refractivity contribution < 1.29 is 33.1 Å². The largest absolute Gasteiger partial charge is 0.497 e. The average Bonchev–Trinajstić information content (AvgIpc) is 3.38. The summed E-state index contributed by atoms with van der Waals surface area (Å²) in [6.07, 6.45) is -0.942. The van der Waals surface area contributed by atoms with E-state index >= 15 is 0 Å².